The number of nitrogens with two attached hydrogens (primary N) is 1. The molecule has 0 aliphatic carbocycles. The fourth-order valence-corrected chi connectivity index (χ4v) is 4.03. The minimum absolute atomic E-state index is 0.0706. The van der Waals surface area contributed by atoms with Crippen LogP contribution in [0, 0.1) is 12.7 Å². The van der Waals surface area contributed by atoms with E-state index in [4.69, 9.17) is 18.0 Å². The molecule has 21 heavy (non-hydrogen) atoms. The molecule has 0 aliphatic heterocycles. The molecule has 2 rings (SSSR count). The second-order valence-corrected chi connectivity index (χ2v) is 7.64. The molecule has 0 saturated carbocycles. The summed E-state index contributed by atoms with van der Waals surface area (Å²) in [7, 11) is -3.93. The lowest BCUT2D eigenvalue weighted by molar-refractivity contribution is 0.577. The minimum Gasteiger partial charge on any atom is -0.389 e. The maximum absolute atomic E-state index is 13.7. The van der Waals surface area contributed by atoms with Gasteiger partial charge >= 0.3 is 0 Å². The zero-order chi connectivity index (χ0) is 15.6. The Kier molecular flexibility index (Phi) is 4.67. The Morgan fingerprint density at radius 2 is 2.24 bits per heavy atom. The Labute approximate surface area is 131 Å². The van der Waals surface area contributed by atoms with Gasteiger partial charge in [-0.05, 0) is 19.1 Å². The number of hydrogen-bond acceptors (Lipinski definition) is 5. The van der Waals surface area contributed by atoms with Gasteiger partial charge in [0.1, 0.15) is 10.8 Å². The van der Waals surface area contributed by atoms with Crippen LogP contribution in [-0.2, 0) is 16.6 Å². The number of aromatic nitrogens is 1. The van der Waals surface area contributed by atoms with Crippen LogP contribution < -0.4 is 10.5 Å². The first kappa shape index (κ1) is 16.0. The Morgan fingerprint density at radius 1 is 1.52 bits per heavy atom. The van der Waals surface area contributed by atoms with Crippen LogP contribution in [0.4, 0.5) is 4.39 Å². The molecule has 0 atom stereocenters. The normalized spacial score (nSPS) is 11.5. The highest BCUT2D eigenvalue weighted by Crippen LogP contribution is 2.20. The van der Waals surface area contributed by atoms with E-state index in [9.17, 15) is 12.8 Å². The number of benzene rings is 1. The molecule has 2 aromatic rings. The SMILES string of the molecule is Cc1ncc(CNS(=O)(=O)c2cccc(F)c2C(N)=S)s1. The summed E-state index contributed by atoms with van der Waals surface area (Å²) in [5.74, 6) is -0.765. The van der Waals surface area contributed by atoms with Crippen molar-refractivity contribution in [1.29, 1.82) is 0 Å². The topological polar surface area (TPSA) is 85.1 Å². The molecule has 0 bridgehead atoms. The van der Waals surface area contributed by atoms with E-state index in [1.165, 1.54) is 23.5 Å². The standard InChI is InChI=1S/C12H12FN3O2S3/c1-7-15-5-8(20-7)6-16-21(17,18)10-4-2-3-9(13)11(10)12(14)19/h2-5,16H,6H2,1H3,(H2,14,19). The van der Waals surface area contributed by atoms with Gasteiger partial charge in [0.2, 0.25) is 10.0 Å². The molecular formula is C12H12FN3O2S3. The van der Waals surface area contributed by atoms with Crippen molar-refractivity contribution in [3.05, 3.63) is 45.7 Å². The van der Waals surface area contributed by atoms with Crippen LogP contribution in [0.3, 0.4) is 0 Å². The number of sulfonamides is 1. The van der Waals surface area contributed by atoms with Crippen molar-refractivity contribution in [2.24, 2.45) is 5.73 Å². The van der Waals surface area contributed by atoms with Crippen LogP contribution in [0.2, 0.25) is 0 Å². The highest BCUT2D eigenvalue weighted by molar-refractivity contribution is 7.89. The molecule has 9 heteroatoms. The molecule has 0 spiro atoms. The maximum Gasteiger partial charge on any atom is 0.241 e. The summed E-state index contributed by atoms with van der Waals surface area (Å²) < 4.78 is 40.7. The summed E-state index contributed by atoms with van der Waals surface area (Å²) in [6.45, 7) is 1.89. The van der Waals surface area contributed by atoms with Crippen molar-refractivity contribution >= 4 is 38.6 Å². The van der Waals surface area contributed by atoms with E-state index in [0.29, 0.717) is 0 Å². The van der Waals surface area contributed by atoms with Gasteiger partial charge in [0.05, 0.1) is 15.5 Å². The van der Waals surface area contributed by atoms with Crippen LogP contribution in [0.5, 0.6) is 0 Å². The van der Waals surface area contributed by atoms with Gasteiger partial charge in [-0.15, -0.1) is 11.3 Å². The maximum atomic E-state index is 13.7. The fourth-order valence-electron chi connectivity index (χ4n) is 1.70. The second-order valence-electron chi connectivity index (χ2n) is 4.15. The van der Waals surface area contributed by atoms with Crippen LogP contribution in [0.15, 0.2) is 29.3 Å². The summed E-state index contributed by atoms with van der Waals surface area (Å²) in [6, 6.07) is 3.67. The van der Waals surface area contributed by atoms with Crippen LogP contribution in [0.1, 0.15) is 15.4 Å². The number of thiazole rings is 1. The molecule has 0 radical (unpaired) electrons. The number of hydrogen-bond donors (Lipinski definition) is 2. The average molecular weight is 345 g/mol. The third-order valence-corrected chi connectivity index (χ3v) is 5.18. The molecule has 1 aromatic heterocycles. The Bertz CT molecular complexity index is 787. The molecule has 1 heterocycles. The number of nitrogens with one attached hydrogen (secondary N) is 1. The van der Waals surface area contributed by atoms with Gasteiger partial charge in [0, 0.05) is 17.6 Å². The molecule has 0 unspecified atom stereocenters. The Balaban J connectivity index is 2.32. The molecule has 5 nitrogen and oxygen atoms in total. The summed E-state index contributed by atoms with van der Waals surface area (Å²) in [5.41, 5.74) is 5.14. The van der Waals surface area contributed by atoms with Crippen LogP contribution >= 0.6 is 23.6 Å². The number of aryl methyl sites for hydroxylation is 1. The zero-order valence-electron chi connectivity index (χ0n) is 11.0. The average Bonchev–Trinajstić information content (AvgIpc) is 2.82. The summed E-state index contributed by atoms with van der Waals surface area (Å²) in [6.07, 6.45) is 1.59. The van der Waals surface area contributed by atoms with Crippen molar-refractivity contribution in [2.75, 3.05) is 0 Å². The molecule has 0 amide bonds. The number of thiocarbonyl (C=S) groups is 1. The van der Waals surface area contributed by atoms with E-state index in [-0.39, 0.29) is 22.0 Å². The highest BCUT2D eigenvalue weighted by Gasteiger charge is 2.22. The largest absolute Gasteiger partial charge is 0.389 e. The van der Waals surface area contributed by atoms with E-state index in [1.54, 1.807) is 6.20 Å². The summed E-state index contributed by atoms with van der Waals surface area (Å²) >= 11 is 6.10. The molecular weight excluding hydrogens is 333 g/mol. The number of nitrogens with zero attached hydrogens (tertiary/aromatic N) is 1. The van der Waals surface area contributed by atoms with E-state index in [1.807, 2.05) is 6.92 Å². The van der Waals surface area contributed by atoms with Gasteiger partial charge < -0.3 is 5.73 Å². The lowest BCUT2D eigenvalue weighted by Gasteiger charge is -2.10. The number of rotatable bonds is 5. The smallest absolute Gasteiger partial charge is 0.241 e. The monoisotopic (exact) mass is 345 g/mol. The van der Waals surface area contributed by atoms with Gasteiger partial charge in [-0.2, -0.15) is 0 Å². The zero-order valence-corrected chi connectivity index (χ0v) is 13.4. The molecule has 0 aliphatic rings. The predicted octanol–water partition coefficient (Wildman–Crippen LogP) is 1.70. The van der Waals surface area contributed by atoms with Crippen LogP contribution in [-0.4, -0.2) is 18.4 Å². The third-order valence-electron chi connectivity index (χ3n) is 2.62. The Hall–Kier alpha value is -1.42. The first-order valence-corrected chi connectivity index (χ1v) is 8.51. The lowest BCUT2D eigenvalue weighted by atomic mass is 10.2. The first-order chi connectivity index (χ1) is 9.81. The van der Waals surface area contributed by atoms with E-state index >= 15 is 0 Å². The van der Waals surface area contributed by atoms with Crippen molar-refractivity contribution < 1.29 is 12.8 Å². The van der Waals surface area contributed by atoms with Crippen molar-refractivity contribution in [1.82, 2.24) is 9.71 Å². The molecule has 112 valence electrons. The van der Waals surface area contributed by atoms with Crippen molar-refractivity contribution in [2.45, 2.75) is 18.4 Å². The van der Waals surface area contributed by atoms with Gasteiger partial charge in [-0.25, -0.2) is 22.5 Å². The molecule has 3 N–H and O–H groups in total. The van der Waals surface area contributed by atoms with Gasteiger partial charge in [0.25, 0.3) is 0 Å². The molecule has 1 aromatic carbocycles. The van der Waals surface area contributed by atoms with E-state index in [2.05, 4.69) is 9.71 Å². The van der Waals surface area contributed by atoms with Crippen LogP contribution in [0.25, 0.3) is 0 Å². The Morgan fingerprint density at radius 3 is 2.81 bits per heavy atom. The lowest BCUT2D eigenvalue weighted by Crippen LogP contribution is -2.26. The minimum atomic E-state index is -3.93. The summed E-state index contributed by atoms with van der Waals surface area (Å²) in [5, 5.41) is 0.832. The molecule has 0 saturated heterocycles. The summed E-state index contributed by atoms with van der Waals surface area (Å²) in [4.78, 5) is 4.22. The van der Waals surface area contributed by atoms with Gasteiger partial charge in [0.15, 0.2) is 0 Å². The number of halogens is 1. The van der Waals surface area contributed by atoms with Gasteiger partial charge in [-0.1, -0.05) is 18.3 Å². The van der Waals surface area contributed by atoms with E-state index in [0.717, 1.165) is 16.0 Å². The third kappa shape index (κ3) is 3.62. The highest BCUT2D eigenvalue weighted by atomic mass is 32.2. The quantitative estimate of drug-likeness (QED) is 0.806. The van der Waals surface area contributed by atoms with Crippen molar-refractivity contribution in [3.63, 3.8) is 0 Å². The second kappa shape index (κ2) is 6.14. The van der Waals surface area contributed by atoms with Gasteiger partial charge in [-0.3, -0.25) is 0 Å². The van der Waals surface area contributed by atoms with Crippen molar-refractivity contribution in [3.8, 4) is 0 Å². The predicted molar refractivity (Wildman–Crippen MR) is 83.2 cm³/mol. The fraction of sp³-hybridized carbons (Fsp3) is 0.167. The first-order valence-electron chi connectivity index (χ1n) is 5.80. The van der Waals surface area contributed by atoms with E-state index < -0.39 is 15.8 Å². The molecule has 0 fully saturated rings.